The molecule has 5 nitrogen and oxygen atoms in total. The molecule has 3 aromatic carbocycles. The van der Waals surface area contributed by atoms with Crippen LogP contribution in [0.15, 0.2) is 66.2 Å². The van der Waals surface area contributed by atoms with E-state index < -0.39 is 5.97 Å². The smallest absolute Gasteiger partial charge is 0.343 e. The predicted octanol–water partition coefficient (Wildman–Crippen LogP) is 4.85. The molecule has 0 bridgehead atoms. The second-order valence-electron chi connectivity index (χ2n) is 6.52. The first-order valence-electron chi connectivity index (χ1n) is 9.07. The van der Waals surface area contributed by atoms with E-state index in [9.17, 15) is 4.79 Å². The minimum atomic E-state index is -0.401. The Morgan fingerprint density at radius 2 is 1.52 bits per heavy atom. The lowest BCUT2D eigenvalue weighted by Crippen LogP contribution is -1.98. The maximum atomic E-state index is 12.4. The Bertz CT molecular complexity index is 1130. The van der Waals surface area contributed by atoms with Gasteiger partial charge in [0.25, 0.3) is 0 Å². The Balaban J connectivity index is 1.72. The van der Waals surface area contributed by atoms with Crippen molar-refractivity contribution in [1.82, 2.24) is 0 Å². The van der Waals surface area contributed by atoms with Crippen molar-refractivity contribution in [3.05, 3.63) is 77.4 Å². The quantitative estimate of drug-likeness (QED) is 0.462. The number of cyclic esters (lactones) is 1. The normalized spacial score (nSPS) is 14.7. The molecular weight excluding hydrogens is 368 g/mol. The molecule has 0 spiro atoms. The van der Waals surface area contributed by atoms with E-state index >= 15 is 0 Å². The van der Waals surface area contributed by atoms with Crippen LogP contribution in [0.3, 0.4) is 0 Å². The molecule has 0 N–H and O–H groups in total. The SMILES string of the molecule is COc1cc(C=C2C=C(c3ccc4ccccc4c3)OC2=O)cc(OC)c1OC. The van der Waals surface area contributed by atoms with Gasteiger partial charge < -0.3 is 18.9 Å². The summed E-state index contributed by atoms with van der Waals surface area (Å²) in [4.78, 5) is 12.4. The van der Waals surface area contributed by atoms with Crippen molar-refractivity contribution < 1.29 is 23.7 Å². The van der Waals surface area contributed by atoms with Crippen molar-refractivity contribution in [2.24, 2.45) is 0 Å². The van der Waals surface area contributed by atoms with E-state index in [0.29, 0.717) is 28.6 Å². The number of fused-ring (bicyclic) bond motifs is 1. The molecule has 0 amide bonds. The predicted molar refractivity (Wildman–Crippen MR) is 112 cm³/mol. The third kappa shape index (κ3) is 3.55. The minimum absolute atomic E-state index is 0.401. The van der Waals surface area contributed by atoms with Gasteiger partial charge in [-0.15, -0.1) is 0 Å². The van der Waals surface area contributed by atoms with Gasteiger partial charge >= 0.3 is 5.97 Å². The minimum Gasteiger partial charge on any atom is -0.493 e. The highest BCUT2D eigenvalue weighted by molar-refractivity contribution is 6.05. The van der Waals surface area contributed by atoms with Crippen molar-refractivity contribution in [1.29, 1.82) is 0 Å². The third-order valence-corrected chi connectivity index (χ3v) is 4.77. The van der Waals surface area contributed by atoms with E-state index in [1.54, 1.807) is 45.6 Å². The van der Waals surface area contributed by atoms with Crippen LogP contribution in [0, 0.1) is 0 Å². The number of carbonyl (C=O) groups is 1. The molecule has 146 valence electrons. The van der Waals surface area contributed by atoms with E-state index in [2.05, 4.69) is 0 Å². The highest BCUT2D eigenvalue weighted by atomic mass is 16.5. The standard InChI is InChI=1S/C24H20O5/c1-26-21-11-15(12-22(27-2)23(21)28-3)10-19-14-20(29-24(19)25)18-9-8-16-6-4-5-7-17(16)13-18/h4-14H,1-3H3. The van der Waals surface area contributed by atoms with Crippen LogP contribution in [0.25, 0.3) is 22.6 Å². The Kier molecular flexibility index (Phi) is 4.96. The van der Waals surface area contributed by atoms with Crippen molar-refractivity contribution in [3.8, 4) is 17.2 Å². The third-order valence-electron chi connectivity index (χ3n) is 4.77. The number of benzene rings is 3. The van der Waals surface area contributed by atoms with Crippen LogP contribution in [0.2, 0.25) is 0 Å². The fraction of sp³-hybridized carbons (Fsp3) is 0.125. The van der Waals surface area contributed by atoms with Crippen LogP contribution in [-0.4, -0.2) is 27.3 Å². The Hall–Kier alpha value is -3.73. The molecule has 1 heterocycles. The first-order valence-corrected chi connectivity index (χ1v) is 9.07. The summed E-state index contributed by atoms with van der Waals surface area (Å²) in [5.41, 5.74) is 2.04. The summed E-state index contributed by atoms with van der Waals surface area (Å²) in [6, 6.07) is 17.6. The average Bonchev–Trinajstić information content (AvgIpc) is 3.12. The lowest BCUT2D eigenvalue weighted by Gasteiger charge is -2.12. The number of carbonyl (C=O) groups excluding carboxylic acids is 1. The molecule has 0 radical (unpaired) electrons. The Labute approximate surface area is 168 Å². The van der Waals surface area contributed by atoms with Crippen LogP contribution in [0.5, 0.6) is 17.2 Å². The number of hydrogen-bond donors (Lipinski definition) is 0. The zero-order valence-electron chi connectivity index (χ0n) is 16.4. The number of methoxy groups -OCH3 is 3. The van der Waals surface area contributed by atoms with E-state index in [-0.39, 0.29) is 0 Å². The maximum absolute atomic E-state index is 12.4. The van der Waals surface area contributed by atoms with Crippen molar-refractivity contribution in [3.63, 3.8) is 0 Å². The summed E-state index contributed by atoms with van der Waals surface area (Å²) in [7, 11) is 4.65. The zero-order valence-corrected chi connectivity index (χ0v) is 16.4. The largest absolute Gasteiger partial charge is 0.493 e. The molecule has 0 aromatic heterocycles. The van der Waals surface area contributed by atoms with Crippen LogP contribution < -0.4 is 14.2 Å². The number of hydrogen-bond acceptors (Lipinski definition) is 5. The summed E-state index contributed by atoms with van der Waals surface area (Å²) < 4.78 is 21.6. The van der Waals surface area contributed by atoms with Gasteiger partial charge in [0.15, 0.2) is 11.5 Å². The monoisotopic (exact) mass is 388 g/mol. The molecule has 0 saturated heterocycles. The highest BCUT2D eigenvalue weighted by Crippen LogP contribution is 2.39. The van der Waals surface area contributed by atoms with Gasteiger partial charge in [0, 0.05) is 5.56 Å². The van der Waals surface area contributed by atoms with E-state index in [1.165, 1.54) is 0 Å². The van der Waals surface area contributed by atoms with Gasteiger partial charge in [0.05, 0.1) is 26.9 Å². The van der Waals surface area contributed by atoms with Gasteiger partial charge in [0.2, 0.25) is 5.75 Å². The van der Waals surface area contributed by atoms with Crippen LogP contribution >= 0.6 is 0 Å². The molecule has 1 aliphatic rings. The molecule has 0 aliphatic carbocycles. The molecule has 0 unspecified atom stereocenters. The molecule has 4 rings (SSSR count). The van der Waals surface area contributed by atoms with E-state index in [0.717, 1.165) is 21.9 Å². The van der Waals surface area contributed by atoms with Gasteiger partial charge in [-0.25, -0.2) is 4.79 Å². The molecule has 5 heteroatoms. The Morgan fingerprint density at radius 3 is 2.17 bits per heavy atom. The summed E-state index contributed by atoms with van der Waals surface area (Å²) in [6.07, 6.45) is 3.48. The van der Waals surface area contributed by atoms with Crippen LogP contribution in [0.1, 0.15) is 11.1 Å². The molecule has 0 atom stereocenters. The zero-order chi connectivity index (χ0) is 20.4. The number of esters is 1. The van der Waals surface area contributed by atoms with Gasteiger partial charge in [-0.1, -0.05) is 36.4 Å². The molecule has 29 heavy (non-hydrogen) atoms. The summed E-state index contributed by atoms with van der Waals surface area (Å²) in [5.74, 6) is 1.66. The first-order chi connectivity index (χ1) is 14.1. The molecule has 0 fully saturated rings. The van der Waals surface area contributed by atoms with Gasteiger partial charge in [0.1, 0.15) is 5.76 Å². The lowest BCUT2D eigenvalue weighted by molar-refractivity contribution is -0.130. The average molecular weight is 388 g/mol. The first kappa shape index (κ1) is 18.6. The second kappa shape index (κ2) is 7.72. The van der Waals surface area contributed by atoms with Gasteiger partial charge in [-0.3, -0.25) is 0 Å². The molecule has 1 aliphatic heterocycles. The van der Waals surface area contributed by atoms with Crippen molar-refractivity contribution in [2.75, 3.05) is 21.3 Å². The lowest BCUT2D eigenvalue weighted by atomic mass is 10.0. The van der Waals surface area contributed by atoms with Gasteiger partial charge in [-0.2, -0.15) is 0 Å². The molecule has 3 aromatic rings. The topological polar surface area (TPSA) is 54.0 Å². The summed E-state index contributed by atoms with van der Waals surface area (Å²) >= 11 is 0. The van der Waals surface area contributed by atoms with Crippen molar-refractivity contribution in [2.45, 2.75) is 0 Å². The van der Waals surface area contributed by atoms with Crippen LogP contribution in [-0.2, 0) is 9.53 Å². The van der Waals surface area contributed by atoms with E-state index in [4.69, 9.17) is 18.9 Å². The molecule has 0 saturated carbocycles. The second-order valence-corrected chi connectivity index (χ2v) is 6.52. The Morgan fingerprint density at radius 1 is 0.828 bits per heavy atom. The number of rotatable bonds is 5. The van der Waals surface area contributed by atoms with Gasteiger partial charge in [-0.05, 0) is 46.7 Å². The van der Waals surface area contributed by atoms with Crippen molar-refractivity contribution >= 4 is 28.6 Å². The number of ether oxygens (including phenoxy) is 4. The molecular formula is C24H20O5. The summed E-state index contributed by atoms with van der Waals surface area (Å²) in [5, 5.41) is 2.22. The maximum Gasteiger partial charge on any atom is 0.343 e. The van der Waals surface area contributed by atoms with E-state index in [1.807, 2.05) is 42.5 Å². The summed E-state index contributed by atoms with van der Waals surface area (Å²) in [6.45, 7) is 0. The fourth-order valence-electron chi connectivity index (χ4n) is 3.34. The highest BCUT2D eigenvalue weighted by Gasteiger charge is 2.23. The van der Waals surface area contributed by atoms with Crippen LogP contribution in [0.4, 0.5) is 0 Å². The fourth-order valence-corrected chi connectivity index (χ4v) is 3.34.